The molecule has 2 unspecified atom stereocenters. The van der Waals surface area contributed by atoms with Crippen LogP contribution in [0.3, 0.4) is 0 Å². The zero-order valence-corrected chi connectivity index (χ0v) is 14.4. The van der Waals surface area contributed by atoms with Gasteiger partial charge in [0.25, 0.3) is 0 Å². The summed E-state index contributed by atoms with van der Waals surface area (Å²) in [7, 11) is 0. The molecule has 0 spiro atoms. The molecule has 0 bridgehead atoms. The Morgan fingerprint density at radius 3 is 2.71 bits per heavy atom. The molecule has 2 aliphatic heterocycles. The second-order valence-electron chi connectivity index (χ2n) is 5.74. The van der Waals surface area contributed by atoms with Crippen LogP contribution in [-0.4, -0.2) is 60.1 Å². The maximum Gasteiger partial charge on any atom is 0.328 e. The van der Waals surface area contributed by atoms with Crippen LogP contribution in [0.4, 0.5) is 5.69 Å². The van der Waals surface area contributed by atoms with Crippen molar-refractivity contribution >= 4 is 39.4 Å². The zero-order valence-electron chi connectivity index (χ0n) is 12.9. The molecule has 2 saturated heterocycles. The SMILES string of the molecule is O=C(O)C1COCCN1C(=O)C1CCN(c2ccccc2Br)C1=O. The quantitative estimate of drug-likeness (QED) is 0.773. The molecule has 128 valence electrons. The number of para-hydroxylation sites is 1. The maximum atomic E-state index is 12.7. The number of rotatable bonds is 3. The largest absolute Gasteiger partial charge is 0.480 e. The van der Waals surface area contributed by atoms with E-state index in [0.717, 1.165) is 10.2 Å². The first-order valence-corrected chi connectivity index (χ1v) is 8.47. The van der Waals surface area contributed by atoms with Gasteiger partial charge in [-0.05, 0) is 34.5 Å². The highest BCUT2D eigenvalue weighted by Gasteiger charge is 2.43. The van der Waals surface area contributed by atoms with Crippen LogP contribution in [-0.2, 0) is 19.1 Å². The van der Waals surface area contributed by atoms with Crippen molar-refractivity contribution in [3.63, 3.8) is 0 Å². The molecule has 2 amide bonds. The summed E-state index contributed by atoms with van der Waals surface area (Å²) < 4.78 is 5.92. The molecular weight excluding hydrogens is 380 g/mol. The molecule has 0 aromatic heterocycles. The van der Waals surface area contributed by atoms with Crippen LogP contribution in [0.5, 0.6) is 0 Å². The number of hydrogen-bond acceptors (Lipinski definition) is 4. The highest BCUT2D eigenvalue weighted by atomic mass is 79.9. The molecule has 7 nitrogen and oxygen atoms in total. The summed E-state index contributed by atoms with van der Waals surface area (Å²) in [5.74, 6) is -2.67. The van der Waals surface area contributed by atoms with E-state index in [1.165, 1.54) is 4.90 Å². The molecule has 2 aliphatic rings. The summed E-state index contributed by atoms with van der Waals surface area (Å²) in [5, 5.41) is 9.26. The minimum absolute atomic E-state index is 0.0457. The minimum Gasteiger partial charge on any atom is -0.480 e. The zero-order chi connectivity index (χ0) is 17.3. The number of nitrogens with zero attached hydrogens (tertiary/aromatic N) is 2. The fraction of sp³-hybridized carbons (Fsp3) is 0.438. The average molecular weight is 397 g/mol. The first-order chi connectivity index (χ1) is 11.5. The van der Waals surface area contributed by atoms with E-state index in [4.69, 9.17) is 4.74 Å². The maximum absolute atomic E-state index is 12.7. The second-order valence-corrected chi connectivity index (χ2v) is 6.60. The number of hydrogen-bond donors (Lipinski definition) is 1. The van der Waals surface area contributed by atoms with Crippen molar-refractivity contribution in [1.29, 1.82) is 0 Å². The molecule has 8 heteroatoms. The van der Waals surface area contributed by atoms with Crippen LogP contribution in [0.25, 0.3) is 0 Å². The van der Waals surface area contributed by atoms with Gasteiger partial charge in [0.2, 0.25) is 11.8 Å². The molecule has 1 aromatic carbocycles. The Bertz CT molecular complexity index is 680. The molecule has 2 fully saturated rings. The van der Waals surface area contributed by atoms with Crippen molar-refractivity contribution in [2.45, 2.75) is 12.5 Å². The van der Waals surface area contributed by atoms with Crippen molar-refractivity contribution in [3.8, 4) is 0 Å². The van der Waals surface area contributed by atoms with Crippen LogP contribution in [0.1, 0.15) is 6.42 Å². The standard InChI is InChI=1S/C16H17BrN2O5/c17-11-3-1-2-4-12(11)18-6-5-10(14(18)20)15(21)19-7-8-24-9-13(19)16(22)23/h1-4,10,13H,5-9H2,(H,22,23). The van der Waals surface area contributed by atoms with Crippen molar-refractivity contribution < 1.29 is 24.2 Å². The lowest BCUT2D eigenvalue weighted by Crippen LogP contribution is -2.55. The van der Waals surface area contributed by atoms with Gasteiger partial charge in [-0.15, -0.1) is 0 Å². The van der Waals surface area contributed by atoms with E-state index in [9.17, 15) is 19.5 Å². The third-order valence-corrected chi connectivity index (χ3v) is 5.01. The summed E-state index contributed by atoms with van der Waals surface area (Å²) in [4.78, 5) is 39.6. The number of benzene rings is 1. The van der Waals surface area contributed by atoms with E-state index in [1.807, 2.05) is 24.3 Å². The van der Waals surface area contributed by atoms with Gasteiger partial charge in [-0.2, -0.15) is 0 Å². The van der Waals surface area contributed by atoms with Gasteiger partial charge >= 0.3 is 5.97 Å². The number of ether oxygens (including phenoxy) is 1. The lowest BCUT2D eigenvalue weighted by molar-refractivity contribution is -0.161. The molecule has 0 saturated carbocycles. The fourth-order valence-electron chi connectivity index (χ4n) is 3.09. The number of morpholine rings is 1. The van der Waals surface area contributed by atoms with E-state index in [1.54, 1.807) is 4.90 Å². The third-order valence-electron chi connectivity index (χ3n) is 4.34. The Morgan fingerprint density at radius 2 is 2.00 bits per heavy atom. The molecule has 24 heavy (non-hydrogen) atoms. The minimum atomic E-state index is -1.11. The molecule has 0 aliphatic carbocycles. The normalized spacial score (nSPS) is 24.3. The summed E-state index contributed by atoms with van der Waals surface area (Å²) in [6.07, 6.45) is 0.378. The summed E-state index contributed by atoms with van der Waals surface area (Å²) in [6, 6.07) is 6.29. The Balaban J connectivity index is 1.78. The topological polar surface area (TPSA) is 87.2 Å². The number of carbonyl (C=O) groups is 3. The highest BCUT2D eigenvalue weighted by Crippen LogP contribution is 2.32. The van der Waals surface area contributed by atoms with Crippen LogP contribution in [0, 0.1) is 5.92 Å². The van der Waals surface area contributed by atoms with E-state index < -0.39 is 23.8 Å². The molecule has 1 N–H and O–H groups in total. The molecule has 2 heterocycles. The lowest BCUT2D eigenvalue weighted by atomic mass is 10.0. The van der Waals surface area contributed by atoms with E-state index in [0.29, 0.717) is 13.0 Å². The predicted molar refractivity (Wildman–Crippen MR) is 88.6 cm³/mol. The monoisotopic (exact) mass is 396 g/mol. The molecular formula is C16H17BrN2O5. The van der Waals surface area contributed by atoms with Crippen LogP contribution < -0.4 is 4.90 Å². The Kier molecular flexibility index (Phi) is 4.86. The summed E-state index contributed by atoms with van der Waals surface area (Å²) in [6.45, 7) is 0.856. The van der Waals surface area contributed by atoms with Gasteiger partial charge in [0, 0.05) is 17.6 Å². The van der Waals surface area contributed by atoms with Gasteiger partial charge in [-0.25, -0.2) is 4.79 Å². The van der Waals surface area contributed by atoms with Crippen LogP contribution in [0.15, 0.2) is 28.7 Å². The number of halogens is 1. The van der Waals surface area contributed by atoms with Gasteiger partial charge < -0.3 is 19.6 Å². The fourth-order valence-corrected chi connectivity index (χ4v) is 3.59. The van der Waals surface area contributed by atoms with E-state index in [2.05, 4.69) is 15.9 Å². The van der Waals surface area contributed by atoms with Crippen LogP contribution >= 0.6 is 15.9 Å². The molecule has 3 rings (SSSR count). The van der Waals surface area contributed by atoms with E-state index in [-0.39, 0.29) is 25.7 Å². The third kappa shape index (κ3) is 3.03. The van der Waals surface area contributed by atoms with Crippen molar-refractivity contribution in [2.24, 2.45) is 5.92 Å². The van der Waals surface area contributed by atoms with Gasteiger partial charge in [-0.1, -0.05) is 12.1 Å². The second kappa shape index (κ2) is 6.90. The Labute approximate surface area is 147 Å². The highest BCUT2D eigenvalue weighted by molar-refractivity contribution is 9.10. The van der Waals surface area contributed by atoms with Gasteiger partial charge in [0.15, 0.2) is 6.04 Å². The van der Waals surface area contributed by atoms with Crippen LogP contribution in [0.2, 0.25) is 0 Å². The predicted octanol–water partition coefficient (Wildman–Crippen LogP) is 1.11. The molecule has 0 radical (unpaired) electrons. The van der Waals surface area contributed by atoms with Crippen molar-refractivity contribution in [1.82, 2.24) is 4.90 Å². The van der Waals surface area contributed by atoms with Crippen molar-refractivity contribution in [2.75, 3.05) is 31.2 Å². The number of carboxylic acids is 1. The lowest BCUT2D eigenvalue weighted by Gasteiger charge is -2.34. The first-order valence-electron chi connectivity index (χ1n) is 7.67. The molecule has 1 aromatic rings. The number of anilines is 1. The average Bonchev–Trinajstić information content (AvgIpc) is 2.96. The molecule has 2 atom stereocenters. The smallest absolute Gasteiger partial charge is 0.328 e. The Hall–Kier alpha value is -1.93. The summed E-state index contributed by atoms with van der Waals surface area (Å²) in [5.41, 5.74) is 0.717. The van der Waals surface area contributed by atoms with Gasteiger partial charge in [-0.3, -0.25) is 9.59 Å². The number of aliphatic carboxylic acids is 1. The van der Waals surface area contributed by atoms with Gasteiger partial charge in [0.05, 0.1) is 18.9 Å². The van der Waals surface area contributed by atoms with Gasteiger partial charge in [0.1, 0.15) is 5.92 Å². The Morgan fingerprint density at radius 1 is 1.25 bits per heavy atom. The number of carbonyl (C=O) groups excluding carboxylic acids is 2. The number of carboxylic acid groups (broad SMARTS) is 1. The first kappa shape index (κ1) is 16.9. The summed E-state index contributed by atoms with van der Waals surface area (Å²) >= 11 is 3.41. The van der Waals surface area contributed by atoms with Crippen molar-refractivity contribution in [3.05, 3.63) is 28.7 Å². The number of amides is 2. The van der Waals surface area contributed by atoms with E-state index >= 15 is 0 Å².